The number of ether oxygens (including phenoxy) is 1. The first-order valence-electron chi connectivity index (χ1n) is 4.86. The van der Waals surface area contributed by atoms with Gasteiger partial charge in [-0.3, -0.25) is 0 Å². The van der Waals surface area contributed by atoms with Crippen LogP contribution < -0.4 is 0 Å². The molecular formula is C11H14BrClO2. The molecule has 84 valence electrons. The summed E-state index contributed by atoms with van der Waals surface area (Å²) >= 11 is 9.30. The molecule has 1 atom stereocenters. The molecule has 1 rings (SSSR count). The number of aliphatic hydroxyl groups is 1. The lowest BCUT2D eigenvalue weighted by Crippen LogP contribution is -2.08. The van der Waals surface area contributed by atoms with Crippen molar-refractivity contribution < 1.29 is 9.84 Å². The maximum atomic E-state index is 9.79. The van der Waals surface area contributed by atoms with Crippen LogP contribution in [0.5, 0.6) is 0 Å². The number of hydrogen-bond donors (Lipinski definition) is 1. The largest absolute Gasteiger partial charge is 0.386 e. The van der Waals surface area contributed by atoms with Crippen LogP contribution in [-0.4, -0.2) is 18.3 Å². The Labute approximate surface area is 103 Å². The zero-order valence-electron chi connectivity index (χ0n) is 8.54. The molecule has 0 radical (unpaired) electrons. The standard InChI is InChI=1S/C11H14BrClO2/c1-2-5-15-7-11(14)9-4-3-8(12)6-10(9)13/h3-4,6,11,14H,2,5,7H2,1H3. The van der Waals surface area contributed by atoms with Crippen LogP contribution in [-0.2, 0) is 4.74 Å². The van der Waals surface area contributed by atoms with E-state index in [2.05, 4.69) is 15.9 Å². The van der Waals surface area contributed by atoms with Crippen molar-refractivity contribution in [3.8, 4) is 0 Å². The van der Waals surface area contributed by atoms with Gasteiger partial charge in [0, 0.05) is 21.7 Å². The van der Waals surface area contributed by atoms with E-state index in [-0.39, 0.29) is 6.61 Å². The summed E-state index contributed by atoms with van der Waals surface area (Å²) in [6.07, 6.45) is 0.290. The van der Waals surface area contributed by atoms with E-state index in [0.29, 0.717) is 17.2 Å². The molecule has 2 nitrogen and oxygen atoms in total. The molecule has 0 heterocycles. The molecule has 4 heteroatoms. The topological polar surface area (TPSA) is 29.5 Å². The van der Waals surface area contributed by atoms with Crippen LogP contribution in [0.2, 0.25) is 5.02 Å². The highest BCUT2D eigenvalue weighted by Crippen LogP contribution is 2.26. The molecule has 1 N–H and O–H groups in total. The monoisotopic (exact) mass is 292 g/mol. The Morgan fingerprint density at radius 1 is 1.53 bits per heavy atom. The van der Waals surface area contributed by atoms with E-state index in [1.54, 1.807) is 12.1 Å². The van der Waals surface area contributed by atoms with E-state index in [0.717, 1.165) is 10.9 Å². The molecule has 0 aliphatic carbocycles. The predicted molar refractivity (Wildman–Crippen MR) is 65.2 cm³/mol. The molecule has 0 aliphatic heterocycles. The first kappa shape index (κ1) is 13.0. The number of hydrogen-bond acceptors (Lipinski definition) is 2. The van der Waals surface area contributed by atoms with Gasteiger partial charge < -0.3 is 9.84 Å². The zero-order valence-corrected chi connectivity index (χ0v) is 10.9. The highest BCUT2D eigenvalue weighted by molar-refractivity contribution is 9.10. The minimum Gasteiger partial charge on any atom is -0.386 e. The molecule has 0 amide bonds. The van der Waals surface area contributed by atoms with Gasteiger partial charge in [0.15, 0.2) is 0 Å². The smallest absolute Gasteiger partial charge is 0.104 e. The van der Waals surface area contributed by atoms with Gasteiger partial charge in [0.1, 0.15) is 6.10 Å². The number of rotatable bonds is 5. The normalized spacial score (nSPS) is 12.8. The third-order valence-electron chi connectivity index (χ3n) is 1.95. The van der Waals surface area contributed by atoms with Crippen molar-refractivity contribution in [1.29, 1.82) is 0 Å². The van der Waals surface area contributed by atoms with E-state index >= 15 is 0 Å². The minimum atomic E-state index is -0.655. The molecule has 0 saturated carbocycles. The Hall–Kier alpha value is -0.0900. The number of halogens is 2. The van der Waals surface area contributed by atoms with Gasteiger partial charge in [-0.05, 0) is 18.6 Å². The first-order chi connectivity index (χ1) is 7.15. The van der Waals surface area contributed by atoms with E-state index in [4.69, 9.17) is 16.3 Å². The molecule has 0 bridgehead atoms. The quantitative estimate of drug-likeness (QED) is 0.841. The van der Waals surface area contributed by atoms with Gasteiger partial charge in [0.2, 0.25) is 0 Å². The van der Waals surface area contributed by atoms with Gasteiger partial charge in [-0.25, -0.2) is 0 Å². The molecule has 1 aromatic rings. The van der Waals surface area contributed by atoms with Crippen molar-refractivity contribution in [1.82, 2.24) is 0 Å². The van der Waals surface area contributed by atoms with Crippen molar-refractivity contribution >= 4 is 27.5 Å². The van der Waals surface area contributed by atoms with Gasteiger partial charge in [0.25, 0.3) is 0 Å². The van der Waals surface area contributed by atoms with Crippen molar-refractivity contribution in [2.24, 2.45) is 0 Å². The Morgan fingerprint density at radius 2 is 2.27 bits per heavy atom. The number of aliphatic hydroxyl groups excluding tert-OH is 1. The van der Waals surface area contributed by atoms with E-state index < -0.39 is 6.10 Å². The third-order valence-corrected chi connectivity index (χ3v) is 2.77. The van der Waals surface area contributed by atoms with Crippen molar-refractivity contribution in [3.63, 3.8) is 0 Å². The van der Waals surface area contributed by atoms with Gasteiger partial charge in [-0.15, -0.1) is 0 Å². The second kappa shape index (κ2) is 6.48. The van der Waals surface area contributed by atoms with Gasteiger partial charge >= 0.3 is 0 Å². The Balaban J connectivity index is 2.61. The zero-order chi connectivity index (χ0) is 11.3. The molecule has 0 aliphatic rings. The first-order valence-corrected chi connectivity index (χ1v) is 6.03. The van der Waals surface area contributed by atoms with Crippen LogP contribution in [0, 0.1) is 0 Å². The van der Waals surface area contributed by atoms with E-state index in [1.807, 2.05) is 13.0 Å². The molecular weight excluding hydrogens is 279 g/mol. The average molecular weight is 294 g/mol. The molecule has 0 saturated heterocycles. The maximum absolute atomic E-state index is 9.79. The summed E-state index contributed by atoms with van der Waals surface area (Å²) in [5.41, 5.74) is 0.705. The molecule has 1 unspecified atom stereocenters. The molecule has 1 aromatic carbocycles. The van der Waals surface area contributed by atoms with E-state index in [9.17, 15) is 5.11 Å². The summed E-state index contributed by atoms with van der Waals surface area (Å²) in [6, 6.07) is 5.41. The van der Waals surface area contributed by atoms with Crippen molar-refractivity contribution in [2.75, 3.05) is 13.2 Å². The van der Waals surface area contributed by atoms with Crippen LogP contribution >= 0.6 is 27.5 Å². The second-order valence-corrected chi connectivity index (χ2v) is 4.58. The summed E-state index contributed by atoms with van der Waals surface area (Å²) in [5.74, 6) is 0. The van der Waals surface area contributed by atoms with Crippen LogP contribution in [0.1, 0.15) is 25.0 Å². The van der Waals surface area contributed by atoms with Gasteiger partial charge in [-0.1, -0.05) is 40.5 Å². The maximum Gasteiger partial charge on any atom is 0.104 e. The molecule has 0 aromatic heterocycles. The second-order valence-electron chi connectivity index (χ2n) is 3.26. The Kier molecular flexibility index (Phi) is 5.61. The fourth-order valence-electron chi connectivity index (χ4n) is 1.20. The highest BCUT2D eigenvalue weighted by Gasteiger charge is 2.11. The van der Waals surface area contributed by atoms with Crippen LogP contribution in [0.3, 0.4) is 0 Å². The van der Waals surface area contributed by atoms with Crippen LogP contribution in [0.4, 0.5) is 0 Å². The molecule has 0 spiro atoms. The highest BCUT2D eigenvalue weighted by atomic mass is 79.9. The Bertz CT molecular complexity index is 317. The third kappa shape index (κ3) is 4.11. The summed E-state index contributed by atoms with van der Waals surface area (Å²) in [7, 11) is 0. The number of benzene rings is 1. The molecule has 0 fully saturated rings. The van der Waals surface area contributed by atoms with E-state index in [1.165, 1.54) is 0 Å². The Morgan fingerprint density at radius 3 is 2.87 bits per heavy atom. The van der Waals surface area contributed by atoms with Crippen LogP contribution in [0.15, 0.2) is 22.7 Å². The lowest BCUT2D eigenvalue weighted by atomic mass is 10.1. The van der Waals surface area contributed by atoms with Gasteiger partial charge in [0.05, 0.1) is 6.61 Å². The van der Waals surface area contributed by atoms with Gasteiger partial charge in [-0.2, -0.15) is 0 Å². The van der Waals surface area contributed by atoms with Crippen LogP contribution in [0.25, 0.3) is 0 Å². The summed E-state index contributed by atoms with van der Waals surface area (Å²) in [4.78, 5) is 0. The SMILES string of the molecule is CCCOCC(O)c1ccc(Br)cc1Cl. The lowest BCUT2D eigenvalue weighted by Gasteiger charge is -2.13. The minimum absolute atomic E-state index is 0.287. The summed E-state index contributed by atoms with van der Waals surface area (Å²) in [6.45, 7) is 2.97. The average Bonchev–Trinajstić information content (AvgIpc) is 2.17. The van der Waals surface area contributed by atoms with Crippen molar-refractivity contribution in [2.45, 2.75) is 19.4 Å². The molecule has 15 heavy (non-hydrogen) atoms. The fourth-order valence-corrected chi connectivity index (χ4v) is 2.00. The summed E-state index contributed by atoms with van der Waals surface area (Å²) in [5, 5.41) is 10.3. The summed E-state index contributed by atoms with van der Waals surface area (Å²) < 4.78 is 6.16. The lowest BCUT2D eigenvalue weighted by molar-refractivity contribution is 0.0364. The van der Waals surface area contributed by atoms with Crippen molar-refractivity contribution in [3.05, 3.63) is 33.3 Å². The fraction of sp³-hybridized carbons (Fsp3) is 0.455. The predicted octanol–water partition coefficient (Wildman–Crippen LogP) is 3.56.